The number of nitrogens with zero attached hydrogens (tertiary/aromatic N) is 3. The number of amides is 1. The van der Waals surface area contributed by atoms with Gasteiger partial charge in [-0.25, -0.2) is 9.97 Å². The van der Waals surface area contributed by atoms with Gasteiger partial charge in [-0.3, -0.25) is 9.78 Å². The predicted octanol–water partition coefficient (Wildman–Crippen LogP) is 2.78. The number of carbonyl (C=O) groups excluding carboxylic acids is 1. The fourth-order valence-corrected chi connectivity index (χ4v) is 2.52. The molecule has 5 nitrogen and oxygen atoms in total. The zero-order valence-corrected chi connectivity index (χ0v) is 13.2. The summed E-state index contributed by atoms with van der Waals surface area (Å²) >= 11 is 1.52. The SMILES string of the molecule is CSc1nc(C)c(CCC(=O)Nc2ccncc2)c(C)n1. The van der Waals surface area contributed by atoms with E-state index in [0.29, 0.717) is 12.8 Å². The minimum Gasteiger partial charge on any atom is -0.326 e. The van der Waals surface area contributed by atoms with Crippen molar-refractivity contribution < 1.29 is 4.79 Å². The highest BCUT2D eigenvalue weighted by molar-refractivity contribution is 7.98. The Morgan fingerprint density at radius 1 is 1.19 bits per heavy atom. The number of pyridine rings is 1. The Labute approximate surface area is 128 Å². The molecule has 2 aromatic heterocycles. The Balaban J connectivity index is 1.98. The van der Waals surface area contributed by atoms with Crippen molar-refractivity contribution in [2.45, 2.75) is 31.8 Å². The van der Waals surface area contributed by atoms with E-state index in [9.17, 15) is 4.79 Å². The third kappa shape index (κ3) is 4.26. The molecule has 2 heterocycles. The van der Waals surface area contributed by atoms with Crippen LogP contribution < -0.4 is 5.32 Å². The lowest BCUT2D eigenvalue weighted by Gasteiger charge is -2.10. The first kappa shape index (κ1) is 15.4. The number of rotatable bonds is 5. The van der Waals surface area contributed by atoms with Gasteiger partial charge in [0, 0.05) is 35.9 Å². The summed E-state index contributed by atoms with van der Waals surface area (Å²) in [5.41, 5.74) is 3.71. The standard InChI is InChI=1S/C15H18N4OS/c1-10-13(11(2)18-15(17-10)21-3)4-5-14(20)19-12-6-8-16-9-7-12/h6-9H,4-5H2,1-3H3,(H,16,19,20). The van der Waals surface area contributed by atoms with Gasteiger partial charge in [-0.2, -0.15) is 0 Å². The Bertz CT molecular complexity index is 608. The molecule has 0 unspecified atom stereocenters. The third-order valence-corrected chi connectivity index (χ3v) is 3.70. The number of nitrogens with one attached hydrogen (secondary N) is 1. The molecule has 6 heteroatoms. The molecule has 1 N–H and O–H groups in total. The Hall–Kier alpha value is -1.95. The summed E-state index contributed by atoms with van der Waals surface area (Å²) in [4.78, 5) is 24.7. The van der Waals surface area contributed by atoms with Gasteiger partial charge in [0.15, 0.2) is 5.16 Å². The van der Waals surface area contributed by atoms with Gasteiger partial charge < -0.3 is 5.32 Å². The molecule has 0 saturated carbocycles. The van der Waals surface area contributed by atoms with Gasteiger partial charge in [0.25, 0.3) is 0 Å². The third-order valence-electron chi connectivity index (χ3n) is 3.15. The van der Waals surface area contributed by atoms with E-state index in [1.165, 1.54) is 11.8 Å². The quantitative estimate of drug-likeness (QED) is 0.679. The molecule has 0 radical (unpaired) electrons. The van der Waals surface area contributed by atoms with E-state index in [1.54, 1.807) is 24.5 Å². The van der Waals surface area contributed by atoms with Crippen molar-refractivity contribution in [2.75, 3.05) is 11.6 Å². The van der Waals surface area contributed by atoms with Crippen LogP contribution in [0.5, 0.6) is 0 Å². The number of hydrogen-bond donors (Lipinski definition) is 1. The van der Waals surface area contributed by atoms with Crippen molar-refractivity contribution in [3.63, 3.8) is 0 Å². The smallest absolute Gasteiger partial charge is 0.224 e. The monoisotopic (exact) mass is 302 g/mol. The van der Waals surface area contributed by atoms with Crippen LogP contribution in [0.4, 0.5) is 5.69 Å². The van der Waals surface area contributed by atoms with Gasteiger partial charge in [-0.05, 0) is 44.2 Å². The van der Waals surface area contributed by atoms with E-state index >= 15 is 0 Å². The second kappa shape index (κ2) is 7.17. The molecule has 0 aromatic carbocycles. The van der Waals surface area contributed by atoms with E-state index in [0.717, 1.165) is 27.8 Å². The van der Waals surface area contributed by atoms with E-state index < -0.39 is 0 Å². The fraction of sp³-hybridized carbons (Fsp3) is 0.333. The van der Waals surface area contributed by atoms with Crippen molar-refractivity contribution in [3.05, 3.63) is 41.5 Å². The Morgan fingerprint density at radius 3 is 2.38 bits per heavy atom. The summed E-state index contributed by atoms with van der Waals surface area (Å²) in [6.07, 6.45) is 6.31. The number of aromatic nitrogens is 3. The topological polar surface area (TPSA) is 67.8 Å². The fourth-order valence-electron chi connectivity index (χ4n) is 2.06. The normalized spacial score (nSPS) is 10.4. The molecule has 0 aliphatic heterocycles. The maximum absolute atomic E-state index is 12.0. The summed E-state index contributed by atoms with van der Waals surface area (Å²) in [6.45, 7) is 3.93. The van der Waals surface area contributed by atoms with E-state index in [-0.39, 0.29) is 5.91 Å². The van der Waals surface area contributed by atoms with Crippen LogP contribution in [-0.4, -0.2) is 27.1 Å². The molecular formula is C15H18N4OS. The van der Waals surface area contributed by atoms with Crippen LogP contribution in [0.2, 0.25) is 0 Å². The zero-order chi connectivity index (χ0) is 15.2. The summed E-state index contributed by atoms with van der Waals surface area (Å²) < 4.78 is 0. The van der Waals surface area contributed by atoms with Gasteiger partial charge in [-0.15, -0.1) is 0 Å². The maximum atomic E-state index is 12.0. The molecule has 0 fully saturated rings. The molecule has 2 rings (SSSR count). The average Bonchev–Trinajstić information content (AvgIpc) is 2.47. The molecule has 0 saturated heterocycles. The van der Waals surface area contributed by atoms with Crippen molar-refractivity contribution in [2.24, 2.45) is 0 Å². The minimum absolute atomic E-state index is 0.0195. The first-order chi connectivity index (χ1) is 10.1. The lowest BCUT2D eigenvalue weighted by Crippen LogP contribution is -2.13. The number of hydrogen-bond acceptors (Lipinski definition) is 5. The molecular weight excluding hydrogens is 284 g/mol. The summed E-state index contributed by atoms with van der Waals surface area (Å²) in [6, 6.07) is 3.54. The molecule has 2 aromatic rings. The van der Waals surface area contributed by atoms with Crippen LogP contribution in [0.3, 0.4) is 0 Å². The molecule has 1 amide bonds. The van der Waals surface area contributed by atoms with Crippen LogP contribution in [0, 0.1) is 13.8 Å². The maximum Gasteiger partial charge on any atom is 0.224 e. The van der Waals surface area contributed by atoms with Crippen molar-refractivity contribution in [3.8, 4) is 0 Å². The van der Waals surface area contributed by atoms with Crippen molar-refractivity contribution >= 4 is 23.4 Å². The van der Waals surface area contributed by atoms with Gasteiger partial charge in [0.05, 0.1) is 0 Å². The van der Waals surface area contributed by atoms with E-state index in [1.807, 2.05) is 20.1 Å². The second-order valence-corrected chi connectivity index (χ2v) is 5.42. The number of anilines is 1. The molecule has 110 valence electrons. The van der Waals surface area contributed by atoms with E-state index in [4.69, 9.17) is 0 Å². The number of aryl methyl sites for hydroxylation is 2. The molecule has 0 spiro atoms. The lowest BCUT2D eigenvalue weighted by atomic mass is 10.1. The van der Waals surface area contributed by atoms with Gasteiger partial charge >= 0.3 is 0 Å². The summed E-state index contributed by atoms with van der Waals surface area (Å²) in [7, 11) is 0. The number of thioether (sulfide) groups is 1. The highest BCUT2D eigenvalue weighted by atomic mass is 32.2. The average molecular weight is 302 g/mol. The lowest BCUT2D eigenvalue weighted by molar-refractivity contribution is -0.116. The highest BCUT2D eigenvalue weighted by Gasteiger charge is 2.10. The molecule has 0 aliphatic carbocycles. The van der Waals surface area contributed by atoms with Crippen LogP contribution in [0.25, 0.3) is 0 Å². The minimum atomic E-state index is -0.0195. The van der Waals surface area contributed by atoms with Crippen LogP contribution >= 0.6 is 11.8 Å². The first-order valence-corrected chi connectivity index (χ1v) is 7.90. The Morgan fingerprint density at radius 2 is 1.81 bits per heavy atom. The molecule has 0 atom stereocenters. The molecule has 21 heavy (non-hydrogen) atoms. The van der Waals surface area contributed by atoms with Gasteiger partial charge in [0.2, 0.25) is 5.91 Å². The van der Waals surface area contributed by atoms with Crippen LogP contribution in [0.15, 0.2) is 29.7 Å². The first-order valence-electron chi connectivity index (χ1n) is 6.68. The van der Waals surface area contributed by atoms with Crippen molar-refractivity contribution in [1.82, 2.24) is 15.0 Å². The second-order valence-electron chi connectivity index (χ2n) is 4.64. The predicted molar refractivity (Wildman–Crippen MR) is 84.5 cm³/mol. The number of carbonyl (C=O) groups is 1. The molecule has 0 bridgehead atoms. The highest BCUT2D eigenvalue weighted by Crippen LogP contribution is 2.17. The Kier molecular flexibility index (Phi) is 5.27. The van der Waals surface area contributed by atoms with Gasteiger partial charge in [-0.1, -0.05) is 11.8 Å². The van der Waals surface area contributed by atoms with Crippen molar-refractivity contribution in [1.29, 1.82) is 0 Å². The van der Waals surface area contributed by atoms with Crippen LogP contribution in [-0.2, 0) is 11.2 Å². The molecule has 0 aliphatic rings. The summed E-state index contributed by atoms with van der Waals surface area (Å²) in [5, 5.41) is 3.62. The summed E-state index contributed by atoms with van der Waals surface area (Å²) in [5.74, 6) is -0.0195. The van der Waals surface area contributed by atoms with Gasteiger partial charge in [0.1, 0.15) is 0 Å². The largest absolute Gasteiger partial charge is 0.326 e. The zero-order valence-electron chi connectivity index (χ0n) is 12.4. The van der Waals surface area contributed by atoms with E-state index in [2.05, 4.69) is 20.3 Å². The van der Waals surface area contributed by atoms with Crippen LogP contribution in [0.1, 0.15) is 23.4 Å².